The molecule has 0 aliphatic rings. The Hall–Kier alpha value is -3.07. The molecule has 198 valence electrons. The first-order chi connectivity index (χ1) is 17.2. The van der Waals surface area contributed by atoms with Crippen molar-refractivity contribution >= 4 is 27.5 Å². The first kappa shape index (κ1) is 28.5. The molecule has 9 heteroatoms. The van der Waals surface area contributed by atoms with Crippen molar-refractivity contribution in [1.29, 1.82) is 0 Å². The lowest BCUT2D eigenvalue weighted by Gasteiger charge is -2.45. The smallest absolute Gasteiger partial charge is 0.405 e. The largest absolute Gasteiger partial charge is 0.508 e. The fourth-order valence-corrected chi connectivity index (χ4v) is 5.83. The third-order valence-corrected chi connectivity index (χ3v) is 8.60. The van der Waals surface area contributed by atoms with Crippen LogP contribution in [0.3, 0.4) is 0 Å². The summed E-state index contributed by atoms with van der Waals surface area (Å²) in [7, 11) is -3.80. The number of benzene rings is 3. The van der Waals surface area contributed by atoms with Crippen LogP contribution in [0.4, 0.5) is 4.79 Å². The molecule has 0 aliphatic carbocycles. The van der Waals surface area contributed by atoms with Gasteiger partial charge >= 0.3 is 6.09 Å². The number of aliphatic hydroxyl groups excluding tert-OH is 1. The molecular formula is C28H32ClNO6S. The third-order valence-electron chi connectivity index (χ3n) is 6.60. The zero-order valence-corrected chi connectivity index (χ0v) is 22.6. The second-order valence-electron chi connectivity index (χ2n) is 10.1. The minimum absolute atomic E-state index is 0.00291. The van der Waals surface area contributed by atoms with Crippen molar-refractivity contribution in [2.75, 3.05) is 0 Å². The lowest BCUT2D eigenvalue weighted by molar-refractivity contribution is -0.0985. The number of phenols is 1. The third kappa shape index (κ3) is 6.83. The van der Waals surface area contributed by atoms with Crippen LogP contribution in [0.15, 0.2) is 82.6 Å². The molecule has 3 aromatic rings. The summed E-state index contributed by atoms with van der Waals surface area (Å²) in [6.45, 7) is 5.72. The van der Waals surface area contributed by atoms with Gasteiger partial charge in [0.2, 0.25) is 9.84 Å². The van der Waals surface area contributed by atoms with E-state index in [1.165, 1.54) is 36.4 Å². The maximum absolute atomic E-state index is 12.9. The number of phenolic OH excluding ortho intramolecular Hbond substituents is 1. The lowest BCUT2D eigenvalue weighted by Crippen LogP contribution is -2.49. The van der Waals surface area contributed by atoms with E-state index >= 15 is 0 Å². The van der Waals surface area contributed by atoms with Crippen LogP contribution in [-0.4, -0.2) is 30.3 Å². The Morgan fingerprint density at radius 3 is 2.22 bits per heavy atom. The number of carbonyl (C=O) groups is 1. The Morgan fingerprint density at radius 2 is 1.65 bits per heavy atom. The molecule has 1 amide bonds. The quantitative estimate of drug-likeness (QED) is 0.311. The van der Waals surface area contributed by atoms with Crippen molar-refractivity contribution in [3.8, 4) is 5.75 Å². The van der Waals surface area contributed by atoms with Crippen LogP contribution in [0.5, 0.6) is 5.75 Å². The summed E-state index contributed by atoms with van der Waals surface area (Å²) >= 11 is 6.10. The molecule has 4 N–H and O–H groups in total. The molecule has 0 radical (unpaired) electrons. The van der Waals surface area contributed by atoms with Crippen LogP contribution in [0.1, 0.15) is 50.8 Å². The van der Waals surface area contributed by atoms with E-state index in [0.717, 1.165) is 5.56 Å². The summed E-state index contributed by atoms with van der Waals surface area (Å²) in [5.41, 5.74) is 5.15. The van der Waals surface area contributed by atoms with Crippen molar-refractivity contribution in [3.63, 3.8) is 0 Å². The number of rotatable bonds is 9. The van der Waals surface area contributed by atoms with E-state index in [-0.39, 0.29) is 22.0 Å². The molecule has 0 saturated carbocycles. The number of halogens is 1. The van der Waals surface area contributed by atoms with Gasteiger partial charge in [0.1, 0.15) is 11.4 Å². The summed E-state index contributed by atoms with van der Waals surface area (Å²) in [4.78, 5) is 12.1. The van der Waals surface area contributed by atoms with Crippen molar-refractivity contribution in [2.24, 2.45) is 11.1 Å². The molecule has 3 rings (SSSR count). The number of hydrogen-bond donors (Lipinski definition) is 3. The SMILES string of the molecule is CC(C)(C)C(CCc1ccc(S(=O)(=O)c2cccc(O)c2)cc1)(C[C@@H](O)c1cccc(Cl)c1)OC(N)=O. The maximum Gasteiger partial charge on any atom is 0.405 e. The van der Waals surface area contributed by atoms with Crippen LogP contribution in [0.25, 0.3) is 0 Å². The number of nitrogens with two attached hydrogens (primary N) is 1. The molecule has 0 bridgehead atoms. The van der Waals surface area contributed by atoms with Crippen molar-refractivity contribution in [3.05, 3.63) is 88.9 Å². The molecule has 7 nitrogen and oxygen atoms in total. The first-order valence-electron chi connectivity index (χ1n) is 11.8. The molecule has 37 heavy (non-hydrogen) atoms. The number of aryl methyl sites for hydroxylation is 1. The molecule has 0 fully saturated rings. The van der Waals surface area contributed by atoms with Crippen molar-refractivity contribution < 1.29 is 28.2 Å². The number of aromatic hydroxyl groups is 1. The minimum Gasteiger partial charge on any atom is -0.508 e. The van der Waals surface area contributed by atoms with Crippen molar-refractivity contribution in [2.45, 2.75) is 61.5 Å². The van der Waals surface area contributed by atoms with E-state index in [9.17, 15) is 23.4 Å². The summed E-state index contributed by atoms with van der Waals surface area (Å²) in [5.74, 6) is -0.134. The molecule has 1 unspecified atom stereocenters. The number of hydrogen-bond acceptors (Lipinski definition) is 6. The second kappa shape index (κ2) is 11.1. The van der Waals surface area contributed by atoms with E-state index in [2.05, 4.69) is 0 Å². The first-order valence-corrected chi connectivity index (χ1v) is 13.6. The summed E-state index contributed by atoms with van der Waals surface area (Å²) < 4.78 is 31.6. The molecule has 0 aliphatic heterocycles. The Morgan fingerprint density at radius 1 is 1.00 bits per heavy atom. The minimum atomic E-state index is -3.80. The average molecular weight is 546 g/mol. The van der Waals surface area contributed by atoms with Gasteiger partial charge in [0.25, 0.3) is 0 Å². The van der Waals surface area contributed by atoms with Crippen molar-refractivity contribution in [1.82, 2.24) is 0 Å². The number of sulfone groups is 1. The molecule has 0 heterocycles. The topological polar surface area (TPSA) is 127 Å². The van der Waals surface area contributed by atoms with E-state index in [1.807, 2.05) is 20.8 Å². The standard InChI is InChI=1S/C28H32ClNO6S/c1-27(2,3)28(36-26(30)33,18-25(32)20-6-4-7-21(29)16-20)15-14-19-10-12-23(13-11-19)37(34,35)24-9-5-8-22(31)17-24/h4-13,16-17,25,31-32H,14-15,18H2,1-3H3,(H2,30,33)/t25-,28?/m1/s1. The number of ether oxygens (including phenoxy) is 1. The number of carbonyl (C=O) groups excluding carboxylic acids is 1. The fraction of sp³-hybridized carbons (Fsp3) is 0.321. The van der Waals surface area contributed by atoms with E-state index in [1.54, 1.807) is 36.4 Å². The van der Waals surface area contributed by atoms with Gasteiger partial charge in [-0.2, -0.15) is 0 Å². The van der Waals surface area contributed by atoms with Crippen LogP contribution in [0, 0.1) is 5.41 Å². The molecule has 0 aromatic heterocycles. The summed E-state index contributed by atoms with van der Waals surface area (Å²) in [5, 5.41) is 21.2. The highest BCUT2D eigenvalue weighted by Gasteiger charge is 2.46. The van der Waals surface area contributed by atoms with Gasteiger partial charge in [-0.15, -0.1) is 0 Å². The van der Waals surface area contributed by atoms with E-state index in [4.69, 9.17) is 22.1 Å². The Labute approximate surface area is 222 Å². The highest BCUT2D eigenvalue weighted by Crippen LogP contribution is 2.44. The average Bonchev–Trinajstić information content (AvgIpc) is 2.81. The lowest BCUT2D eigenvalue weighted by atomic mass is 9.69. The highest BCUT2D eigenvalue weighted by atomic mass is 35.5. The van der Waals surface area contributed by atoms with Crippen LogP contribution >= 0.6 is 11.6 Å². The van der Waals surface area contributed by atoms with Crippen LogP contribution in [-0.2, 0) is 21.0 Å². The number of aliphatic hydroxyl groups is 1. The van der Waals surface area contributed by atoms with Crippen LogP contribution in [0.2, 0.25) is 5.02 Å². The zero-order valence-electron chi connectivity index (χ0n) is 21.0. The predicted octanol–water partition coefficient (Wildman–Crippen LogP) is 5.81. The van der Waals surface area contributed by atoms with Gasteiger partial charge in [0, 0.05) is 16.9 Å². The predicted molar refractivity (Wildman–Crippen MR) is 142 cm³/mol. The Bertz CT molecular complexity index is 1350. The van der Waals surface area contributed by atoms with Gasteiger partial charge in [-0.3, -0.25) is 0 Å². The van der Waals surface area contributed by atoms with Gasteiger partial charge in [0.05, 0.1) is 15.9 Å². The monoisotopic (exact) mass is 545 g/mol. The maximum atomic E-state index is 12.9. The summed E-state index contributed by atoms with van der Waals surface area (Å²) in [6.07, 6.45) is -1.06. The zero-order chi connectivity index (χ0) is 27.4. The molecule has 3 aromatic carbocycles. The molecule has 2 atom stereocenters. The van der Waals surface area contributed by atoms with Gasteiger partial charge in [-0.05, 0) is 66.4 Å². The van der Waals surface area contributed by atoms with Gasteiger partial charge in [0.15, 0.2) is 0 Å². The molecule has 0 spiro atoms. The van der Waals surface area contributed by atoms with Gasteiger partial charge in [-0.1, -0.05) is 62.7 Å². The van der Waals surface area contributed by atoms with Gasteiger partial charge < -0.3 is 20.7 Å². The Balaban J connectivity index is 1.86. The fourth-order valence-electron chi connectivity index (χ4n) is 4.33. The molecular weight excluding hydrogens is 514 g/mol. The highest BCUT2D eigenvalue weighted by molar-refractivity contribution is 7.91. The van der Waals surface area contributed by atoms with Crippen LogP contribution < -0.4 is 5.73 Å². The second-order valence-corrected chi connectivity index (χ2v) is 12.5. The Kier molecular flexibility index (Phi) is 8.57. The number of primary amides is 1. The van der Waals surface area contributed by atoms with Gasteiger partial charge in [-0.25, -0.2) is 13.2 Å². The van der Waals surface area contributed by atoms with E-state index in [0.29, 0.717) is 23.4 Å². The summed E-state index contributed by atoms with van der Waals surface area (Å²) in [6, 6.07) is 18.8. The normalized spacial score (nSPS) is 14.5. The number of amides is 1. The molecule has 0 saturated heterocycles. The van der Waals surface area contributed by atoms with E-state index < -0.39 is 33.1 Å².